The number of hydrogen-bond acceptors (Lipinski definition) is 4. The van der Waals surface area contributed by atoms with Crippen LogP contribution in [0.5, 0.6) is 0 Å². The highest BCUT2D eigenvalue weighted by molar-refractivity contribution is 7.22. The van der Waals surface area contributed by atoms with E-state index in [9.17, 15) is 0 Å². The van der Waals surface area contributed by atoms with E-state index in [1.54, 1.807) is 11.3 Å². The molecule has 1 fully saturated rings. The van der Waals surface area contributed by atoms with Gasteiger partial charge in [0.1, 0.15) is 10.6 Å². The van der Waals surface area contributed by atoms with Crippen molar-refractivity contribution in [3.05, 3.63) is 41.7 Å². The Labute approximate surface area is 138 Å². The number of anilines is 1. The summed E-state index contributed by atoms with van der Waals surface area (Å²) in [5.41, 5.74) is 1.21. The fourth-order valence-electron chi connectivity index (χ4n) is 2.97. The Bertz CT molecular complexity index is 794. The zero-order valence-corrected chi connectivity index (χ0v) is 13.7. The largest absolute Gasteiger partial charge is 0.356 e. The quantitative estimate of drug-likeness (QED) is 0.619. The Morgan fingerprint density at radius 2 is 1.77 bits per heavy atom. The van der Waals surface area contributed by atoms with Gasteiger partial charge in [0.05, 0.1) is 5.39 Å². The Kier molecular flexibility index (Phi) is 3.72. The molecule has 0 spiro atoms. The van der Waals surface area contributed by atoms with Crippen LogP contribution in [-0.2, 0) is 0 Å². The van der Waals surface area contributed by atoms with Crippen LogP contribution in [0.1, 0.15) is 19.3 Å². The Hall–Kier alpha value is -1.65. The highest BCUT2D eigenvalue weighted by Gasteiger charge is 2.18. The molecule has 0 saturated carbocycles. The number of benzene rings is 1. The SMILES string of the molecule is Clc1nc(N2CCCCC2)c2cc(-c3ccccc3)sc2n1. The minimum atomic E-state index is 0.342. The molecule has 0 atom stereocenters. The summed E-state index contributed by atoms with van der Waals surface area (Å²) < 4.78 is 0. The molecule has 1 aromatic carbocycles. The lowest BCUT2D eigenvalue weighted by Gasteiger charge is -2.28. The monoisotopic (exact) mass is 329 g/mol. The van der Waals surface area contributed by atoms with E-state index in [4.69, 9.17) is 11.6 Å². The number of rotatable bonds is 2. The smallest absolute Gasteiger partial charge is 0.225 e. The van der Waals surface area contributed by atoms with E-state index in [1.807, 2.05) is 6.07 Å². The van der Waals surface area contributed by atoms with Crippen LogP contribution < -0.4 is 4.90 Å². The van der Waals surface area contributed by atoms with Crippen LogP contribution in [0.4, 0.5) is 5.82 Å². The van der Waals surface area contributed by atoms with Gasteiger partial charge in [0, 0.05) is 18.0 Å². The summed E-state index contributed by atoms with van der Waals surface area (Å²) in [4.78, 5) is 13.5. The van der Waals surface area contributed by atoms with E-state index in [-0.39, 0.29) is 0 Å². The van der Waals surface area contributed by atoms with Crippen molar-refractivity contribution in [2.45, 2.75) is 19.3 Å². The van der Waals surface area contributed by atoms with Gasteiger partial charge in [-0.1, -0.05) is 30.3 Å². The number of hydrogen-bond donors (Lipinski definition) is 0. The maximum atomic E-state index is 6.16. The molecule has 22 heavy (non-hydrogen) atoms. The average Bonchev–Trinajstić information content (AvgIpc) is 2.99. The molecule has 112 valence electrons. The van der Waals surface area contributed by atoms with Crippen LogP contribution in [0.2, 0.25) is 5.28 Å². The fourth-order valence-corrected chi connectivity index (χ4v) is 4.22. The molecule has 0 unspecified atom stereocenters. The summed E-state index contributed by atoms with van der Waals surface area (Å²) in [6, 6.07) is 12.6. The van der Waals surface area contributed by atoms with Crippen molar-refractivity contribution in [3.63, 3.8) is 0 Å². The van der Waals surface area contributed by atoms with E-state index in [2.05, 4.69) is 45.2 Å². The molecule has 0 bridgehead atoms. The van der Waals surface area contributed by atoms with Crippen LogP contribution >= 0.6 is 22.9 Å². The predicted octanol–water partition coefficient (Wildman–Crippen LogP) is 5.00. The maximum absolute atomic E-state index is 6.16. The van der Waals surface area contributed by atoms with Gasteiger partial charge in [-0.25, -0.2) is 4.98 Å². The minimum Gasteiger partial charge on any atom is -0.356 e. The third-order valence-electron chi connectivity index (χ3n) is 4.06. The first-order chi connectivity index (χ1) is 10.8. The first-order valence-corrected chi connectivity index (χ1v) is 8.78. The number of halogens is 1. The number of nitrogens with zero attached hydrogens (tertiary/aromatic N) is 3. The molecule has 0 radical (unpaired) electrons. The zero-order chi connectivity index (χ0) is 14.9. The lowest BCUT2D eigenvalue weighted by atomic mass is 10.1. The Morgan fingerprint density at radius 3 is 2.55 bits per heavy atom. The topological polar surface area (TPSA) is 29.0 Å². The van der Waals surface area contributed by atoms with Crippen molar-refractivity contribution in [2.24, 2.45) is 0 Å². The molecule has 2 aromatic heterocycles. The van der Waals surface area contributed by atoms with Gasteiger partial charge < -0.3 is 4.90 Å². The van der Waals surface area contributed by atoms with E-state index < -0.39 is 0 Å². The summed E-state index contributed by atoms with van der Waals surface area (Å²) in [6.07, 6.45) is 3.74. The van der Waals surface area contributed by atoms with Gasteiger partial charge in [0.15, 0.2) is 0 Å². The lowest BCUT2D eigenvalue weighted by molar-refractivity contribution is 0.574. The molecule has 1 saturated heterocycles. The van der Waals surface area contributed by atoms with Crippen LogP contribution in [0.15, 0.2) is 36.4 Å². The number of piperidine rings is 1. The third-order valence-corrected chi connectivity index (χ3v) is 5.31. The number of aromatic nitrogens is 2. The Morgan fingerprint density at radius 1 is 1.00 bits per heavy atom. The maximum Gasteiger partial charge on any atom is 0.225 e. The molecule has 1 aliphatic heterocycles. The Balaban J connectivity index is 1.84. The van der Waals surface area contributed by atoms with E-state index in [1.165, 1.54) is 29.7 Å². The molecule has 4 rings (SSSR count). The summed E-state index contributed by atoms with van der Waals surface area (Å²) in [5, 5.41) is 1.46. The van der Waals surface area contributed by atoms with E-state index >= 15 is 0 Å². The molecule has 5 heteroatoms. The molecule has 0 N–H and O–H groups in total. The molecule has 3 heterocycles. The summed E-state index contributed by atoms with van der Waals surface area (Å²) in [5.74, 6) is 0.994. The predicted molar refractivity (Wildman–Crippen MR) is 93.9 cm³/mol. The second-order valence-electron chi connectivity index (χ2n) is 5.56. The fraction of sp³-hybridized carbons (Fsp3) is 0.294. The molecule has 0 aliphatic carbocycles. The normalized spacial score (nSPS) is 15.4. The third kappa shape index (κ3) is 2.57. The first kappa shape index (κ1) is 14.0. The van der Waals surface area contributed by atoms with Crippen molar-refractivity contribution in [2.75, 3.05) is 18.0 Å². The van der Waals surface area contributed by atoms with Crippen LogP contribution in [-0.4, -0.2) is 23.1 Å². The van der Waals surface area contributed by atoms with Gasteiger partial charge in [0.2, 0.25) is 5.28 Å². The number of thiophene rings is 1. The standard InChI is InChI=1S/C17H16ClN3S/c18-17-19-15(21-9-5-2-6-10-21)13-11-14(22-16(13)20-17)12-7-3-1-4-8-12/h1,3-4,7-8,11H,2,5-6,9-10H2. The van der Waals surface area contributed by atoms with E-state index in [0.29, 0.717) is 5.28 Å². The van der Waals surface area contributed by atoms with Crippen molar-refractivity contribution >= 4 is 39.0 Å². The van der Waals surface area contributed by atoms with Gasteiger partial charge in [0.25, 0.3) is 0 Å². The molecule has 1 aliphatic rings. The molecule has 3 nitrogen and oxygen atoms in total. The van der Waals surface area contributed by atoms with Crippen LogP contribution in [0.25, 0.3) is 20.7 Å². The molecular formula is C17H16ClN3S. The van der Waals surface area contributed by atoms with Gasteiger partial charge in [-0.2, -0.15) is 4.98 Å². The van der Waals surface area contributed by atoms with Crippen LogP contribution in [0, 0.1) is 0 Å². The number of fused-ring (bicyclic) bond motifs is 1. The zero-order valence-electron chi connectivity index (χ0n) is 12.1. The molecular weight excluding hydrogens is 314 g/mol. The second-order valence-corrected chi connectivity index (χ2v) is 6.93. The average molecular weight is 330 g/mol. The van der Waals surface area contributed by atoms with Gasteiger partial charge in [-0.3, -0.25) is 0 Å². The lowest BCUT2D eigenvalue weighted by Crippen LogP contribution is -2.30. The van der Waals surface area contributed by atoms with Gasteiger partial charge >= 0.3 is 0 Å². The summed E-state index contributed by atoms with van der Waals surface area (Å²) >= 11 is 7.84. The van der Waals surface area contributed by atoms with Crippen molar-refractivity contribution < 1.29 is 0 Å². The molecule has 3 aromatic rings. The highest BCUT2D eigenvalue weighted by Crippen LogP contribution is 2.37. The highest BCUT2D eigenvalue weighted by atomic mass is 35.5. The summed E-state index contributed by atoms with van der Waals surface area (Å²) in [6.45, 7) is 2.11. The van der Waals surface area contributed by atoms with Gasteiger partial charge in [-0.05, 0) is 42.5 Å². The first-order valence-electron chi connectivity index (χ1n) is 7.59. The van der Waals surface area contributed by atoms with Crippen molar-refractivity contribution in [3.8, 4) is 10.4 Å². The second kappa shape index (κ2) is 5.86. The van der Waals surface area contributed by atoms with Gasteiger partial charge in [-0.15, -0.1) is 11.3 Å². The van der Waals surface area contributed by atoms with E-state index in [0.717, 1.165) is 29.1 Å². The molecule has 0 amide bonds. The van der Waals surface area contributed by atoms with Crippen molar-refractivity contribution in [1.82, 2.24) is 9.97 Å². The van der Waals surface area contributed by atoms with Crippen molar-refractivity contribution in [1.29, 1.82) is 0 Å². The summed E-state index contributed by atoms with van der Waals surface area (Å²) in [7, 11) is 0. The van der Waals surface area contributed by atoms with Crippen LogP contribution in [0.3, 0.4) is 0 Å². The minimum absolute atomic E-state index is 0.342.